The fourth-order valence-corrected chi connectivity index (χ4v) is 1.92. The minimum Gasteiger partial charge on any atom is -0.289 e. The fraction of sp³-hybridized carbons (Fsp3) is 0.533. The van der Waals surface area contributed by atoms with Crippen LogP contribution in [0.4, 0.5) is 0 Å². The van der Waals surface area contributed by atoms with Gasteiger partial charge in [0.1, 0.15) is 0 Å². The third kappa shape index (κ3) is 3.02. The van der Waals surface area contributed by atoms with E-state index in [9.17, 15) is 4.79 Å². The summed E-state index contributed by atoms with van der Waals surface area (Å²) in [6, 6.07) is 0. The van der Waals surface area contributed by atoms with Crippen LogP contribution in [-0.4, -0.2) is 10.8 Å². The third-order valence-electron chi connectivity index (χ3n) is 2.82. The van der Waals surface area contributed by atoms with Gasteiger partial charge >= 0.3 is 0 Å². The van der Waals surface area contributed by atoms with E-state index in [2.05, 4.69) is 5.02 Å². The Hall–Kier alpha value is -0.980. The van der Waals surface area contributed by atoms with Gasteiger partial charge in [-0.1, -0.05) is 41.5 Å². The van der Waals surface area contributed by atoms with Gasteiger partial charge in [0.15, 0.2) is 5.78 Å². The van der Waals surface area contributed by atoms with Gasteiger partial charge in [0.25, 0.3) is 0 Å². The zero-order valence-corrected chi connectivity index (χ0v) is 12.3. The van der Waals surface area contributed by atoms with E-state index in [1.807, 2.05) is 53.7 Å². The van der Waals surface area contributed by atoms with Gasteiger partial charge in [0.05, 0.1) is 0 Å². The normalized spacial score (nSPS) is 17.5. The molecule has 0 unspecified atom stereocenters. The fourth-order valence-electron chi connectivity index (χ4n) is 1.80. The van der Waals surface area contributed by atoms with Crippen LogP contribution in [-0.2, 0) is 4.79 Å². The van der Waals surface area contributed by atoms with Gasteiger partial charge in [-0.15, -0.1) is 0 Å². The van der Waals surface area contributed by atoms with E-state index in [-0.39, 0.29) is 16.6 Å². The average molecular weight is 248 g/mol. The maximum Gasteiger partial charge on any atom is 0.186 e. The molecule has 0 fully saturated rings. The van der Waals surface area contributed by atoms with E-state index in [4.69, 9.17) is 12.2 Å². The summed E-state index contributed by atoms with van der Waals surface area (Å²) < 4.78 is 0. The molecule has 0 radical (unpaired) electrons. The highest BCUT2D eigenvalue weighted by atomic mass is 32.1. The molecule has 0 heterocycles. The summed E-state index contributed by atoms with van der Waals surface area (Å²) >= 11 is 4.87. The highest BCUT2D eigenvalue weighted by molar-refractivity contribution is 7.78. The van der Waals surface area contributed by atoms with Crippen LogP contribution in [0, 0.1) is 10.8 Å². The Labute approximate surface area is 109 Å². The number of hydrogen-bond acceptors (Lipinski definition) is 2. The van der Waals surface area contributed by atoms with Crippen LogP contribution in [0.1, 0.15) is 41.5 Å². The first-order chi connectivity index (χ1) is 7.57. The number of carbonyl (C=O) groups excluding carboxylic acids is 1. The molecule has 1 rings (SSSR count). The lowest BCUT2D eigenvalue weighted by molar-refractivity contribution is -0.114. The molecule has 0 bridgehead atoms. The zero-order valence-electron chi connectivity index (χ0n) is 11.5. The number of allylic oxidation sites excluding steroid dienone is 5. The summed E-state index contributed by atoms with van der Waals surface area (Å²) in [4.78, 5) is 12.5. The molecule has 0 saturated heterocycles. The summed E-state index contributed by atoms with van der Waals surface area (Å²) in [5, 5.41) is 2.72. The Bertz CT molecular complexity index is 422. The molecule has 1 aliphatic rings. The first-order valence-corrected chi connectivity index (χ1v) is 6.22. The molecular formula is C15H20OS. The van der Waals surface area contributed by atoms with Crippen LogP contribution in [0.25, 0.3) is 0 Å². The molecule has 1 nitrogen and oxygen atoms in total. The van der Waals surface area contributed by atoms with E-state index in [1.165, 1.54) is 0 Å². The average Bonchev–Trinajstić information content (AvgIpc) is 2.14. The summed E-state index contributed by atoms with van der Waals surface area (Å²) in [7, 11) is 0. The Balaban J connectivity index is 3.39. The van der Waals surface area contributed by atoms with Gasteiger partial charge in [-0.05, 0) is 40.2 Å². The molecule has 0 spiro atoms. The van der Waals surface area contributed by atoms with Crippen molar-refractivity contribution >= 4 is 23.0 Å². The maximum atomic E-state index is 12.5. The minimum atomic E-state index is -0.167. The van der Waals surface area contributed by atoms with Crippen molar-refractivity contribution in [3.05, 3.63) is 28.9 Å². The quantitative estimate of drug-likeness (QED) is 0.602. The zero-order chi connectivity index (χ0) is 13.4. The van der Waals surface area contributed by atoms with Crippen molar-refractivity contribution in [1.82, 2.24) is 0 Å². The highest BCUT2D eigenvalue weighted by Gasteiger charge is 2.33. The van der Waals surface area contributed by atoms with Gasteiger partial charge in [-0.3, -0.25) is 4.79 Å². The van der Waals surface area contributed by atoms with Crippen molar-refractivity contribution in [2.45, 2.75) is 41.5 Å². The summed E-state index contributed by atoms with van der Waals surface area (Å²) in [6.07, 6.45) is 3.73. The lowest BCUT2D eigenvalue weighted by atomic mass is 9.72. The van der Waals surface area contributed by atoms with Crippen molar-refractivity contribution in [2.24, 2.45) is 10.8 Å². The van der Waals surface area contributed by atoms with Crippen LogP contribution in [0.2, 0.25) is 0 Å². The second-order valence-corrected chi connectivity index (χ2v) is 6.71. The summed E-state index contributed by atoms with van der Waals surface area (Å²) in [5.74, 6) is 0.138. The molecule has 0 N–H and O–H groups in total. The Morgan fingerprint density at radius 1 is 0.941 bits per heavy atom. The van der Waals surface area contributed by atoms with Crippen molar-refractivity contribution in [1.29, 1.82) is 0 Å². The Kier molecular flexibility index (Phi) is 3.61. The van der Waals surface area contributed by atoms with E-state index < -0.39 is 0 Å². The predicted octanol–water partition coefficient (Wildman–Crippen LogP) is 4.04. The summed E-state index contributed by atoms with van der Waals surface area (Å²) in [5.41, 5.74) is 2.13. The summed E-state index contributed by atoms with van der Waals surface area (Å²) in [6.45, 7) is 12.3. The molecule has 17 heavy (non-hydrogen) atoms. The first kappa shape index (κ1) is 14.1. The first-order valence-electron chi connectivity index (χ1n) is 5.81. The van der Waals surface area contributed by atoms with Crippen LogP contribution in [0.3, 0.4) is 0 Å². The lowest BCUT2D eigenvalue weighted by Crippen LogP contribution is -2.27. The number of rotatable bonds is 0. The van der Waals surface area contributed by atoms with Gasteiger partial charge in [0.2, 0.25) is 0 Å². The standard InChI is InChI=1S/C15H20OS/c1-14(2,3)11-7-10(9-17)8-12(13(11)16)15(4,5)6/h7-8H,1-6H3. The molecule has 0 atom stereocenters. The van der Waals surface area contributed by atoms with Crippen molar-refractivity contribution in [2.75, 3.05) is 0 Å². The highest BCUT2D eigenvalue weighted by Crippen LogP contribution is 2.38. The molecule has 0 aromatic heterocycles. The Morgan fingerprint density at radius 2 is 1.29 bits per heavy atom. The molecule has 0 amide bonds. The van der Waals surface area contributed by atoms with Crippen LogP contribution in [0.15, 0.2) is 28.9 Å². The number of carbonyl (C=O) groups is 1. The van der Waals surface area contributed by atoms with Crippen molar-refractivity contribution < 1.29 is 4.79 Å². The molecule has 2 heteroatoms. The third-order valence-corrected chi connectivity index (χ3v) is 3.06. The van der Waals surface area contributed by atoms with E-state index in [0.29, 0.717) is 0 Å². The number of hydrogen-bond donors (Lipinski definition) is 0. The van der Waals surface area contributed by atoms with Crippen molar-refractivity contribution in [3.63, 3.8) is 0 Å². The topological polar surface area (TPSA) is 17.1 Å². The van der Waals surface area contributed by atoms with Crippen molar-refractivity contribution in [3.8, 4) is 0 Å². The maximum absolute atomic E-state index is 12.5. The second kappa shape index (κ2) is 4.36. The van der Waals surface area contributed by atoms with Crippen LogP contribution in [0.5, 0.6) is 0 Å². The minimum absolute atomic E-state index is 0.138. The van der Waals surface area contributed by atoms with E-state index in [1.54, 1.807) is 0 Å². The SMILES string of the molecule is CC(C)(C)C1=CC(=C=S)C=C(C(C)(C)C)C1=O. The monoisotopic (exact) mass is 248 g/mol. The smallest absolute Gasteiger partial charge is 0.186 e. The van der Waals surface area contributed by atoms with Gasteiger partial charge in [-0.25, -0.2) is 0 Å². The lowest BCUT2D eigenvalue weighted by Gasteiger charge is -2.30. The number of ketones is 1. The van der Waals surface area contributed by atoms with E-state index in [0.717, 1.165) is 16.7 Å². The second-order valence-electron chi connectivity index (χ2n) is 6.50. The molecular weight excluding hydrogens is 228 g/mol. The molecule has 0 aromatic rings. The molecule has 92 valence electrons. The van der Waals surface area contributed by atoms with Gasteiger partial charge in [0, 0.05) is 16.7 Å². The molecule has 1 aliphatic carbocycles. The predicted molar refractivity (Wildman–Crippen MR) is 76.2 cm³/mol. The van der Waals surface area contributed by atoms with Gasteiger partial charge in [-0.2, -0.15) is 0 Å². The molecule has 0 aromatic carbocycles. The molecule has 0 aliphatic heterocycles. The van der Waals surface area contributed by atoms with Crippen LogP contribution < -0.4 is 0 Å². The number of Topliss-reactive ketones (excluding diaryl/α,β-unsaturated/α-hetero) is 1. The Morgan fingerprint density at radius 3 is 1.53 bits per heavy atom. The number of thiocarbonyl (C=S) groups is 1. The van der Waals surface area contributed by atoms with Crippen LogP contribution >= 0.6 is 12.2 Å². The molecule has 0 saturated carbocycles. The van der Waals surface area contributed by atoms with E-state index >= 15 is 0 Å². The van der Waals surface area contributed by atoms with Gasteiger partial charge < -0.3 is 0 Å². The largest absolute Gasteiger partial charge is 0.289 e.